The van der Waals surface area contributed by atoms with Gasteiger partial charge in [0.15, 0.2) is 0 Å². The Bertz CT molecular complexity index is 381. The van der Waals surface area contributed by atoms with Gasteiger partial charge in [0.1, 0.15) is 0 Å². The molecule has 2 rings (SSSR count). The molecule has 1 heterocycles. The highest BCUT2D eigenvalue weighted by Crippen LogP contribution is 2.34. The van der Waals surface area contributed by atoms with Crippen molar-refractivity contribution in [2.24, 2.45) is 5.92 Å². The predicted octanol–water partition coefficient (Wildman–Crippen LogP) is 3.93. The second kappa shape index (κ2) is 6.33. The zero-order valence-electron chi connectivity index (χ0n) is 12.0. The van der Waals surface area contributed by atoms with Crippen LogP contribution in [-0.4, -0.2) is 11.5 Å². The molecular formula is C16H26N2. The molecule has 1 saturated carbocycles. The van der Waals surface area contributed by atoms with E-state index in [2.05, 4.69) is 32.2 Å². The molecule has 18 heavy (non-hydrogen) atoms. The number of hydrogen-bond acceptors (Lipinski definition) is 2. The van der Waals surface area contributed by atoms with Gasteiger partial charge in [-0.3, -0.25) is 4.98 Å². The maximum absolute atomic E-state index is 4.71. The Hall–Kier alpha value is -0.890. The minimum absolute atomic E-state index is 0.455. The van der Waals surface area contributed by atoms with E-state index in [-0.39, 0.29) is 0 Å². The third-order valence-electron chi connectivity index (χ3n) is 4.10. The molecule has 2 nitrogen and oxygen atoms in total. The molecule has 0 aromatic carbocycles. The topological polar surface area (TPSA) is 24.9 Å². The van der Waals surface area contributed by atoms with Crippen molar-refractivity contribution < 1.29 is 0 Å². The zero-order valence-corrected chi connectivity index (χ0v) is 12.0. The summed E-state index contributed by atoms with van der Waals surface area (Å²) in [4.78, 5) is 4.71. The normalized spacial score (nSPS) is 18.8. The fourth-order valence-corrected chi connectivity index (χ4v) is 3.23. The van der Waals surface area contributed by atoms with Crippen LogP contribution in [0.2, 0.25) is 0 Å². The minimum atomic E-state index is 0.455. The Kier molecular flexibility index (Phi) is 4.76. The number of pyridine rings is 1. The van der Waals surface area contributed by atoms with E-state index in [1.165, 1.54) is 48.9 Å². The van der Waals surface area contributed by atoms with Gasteiger partial charge in [-0.2, -0.15) is 0 Å². The van der Waals surface area contributed by atoms with Crippen LogP contribution >= 0.6 is 0 Å². The van der Waals surface area contributed by atoms with Gasteiger partial charge in [0.05, 0.1) is 11.7 Å². The van der Waals surface area contributed by atoms with Gasteiger partial charge in [-0.25, -0.2) is 0 Å². The zero-order chi connectivity index (χ0) is 13.0. The van der Waals surface area contributed by atoms with Gasteiger partial charge in [0.2, 0.25) is 0 Å². The second-order valence-corrected chi connectivity index (χ2v) is 5.65. The van der Waals surface area contributed by atoms with E-state index in [4.69, 9.17) is 4.98 Å². The van der Waals surface area contributed by atoms with Crippen molar-refractivity contribution in [3.63, 3.8) is 0 Å². The molecule has 0 amide bonds. The van der Waals surface area contributed by atoms with Crippen molar-refractivity contribution in [3.05, 3.63) is 29.1 Å². The summed E-state index contributed by atoms with van der Waals surface area (Å²) in [6, 6.07) is 2.71. The Balaban J connectivity index is 2.22. The van der Waals surface area contributed by atoms with Gasteiger partial charge < -0.3 is 5.32 Å². The van der Waals surface area contributed by atoms with Crippen LogP contribution in [0.1, 0.15) is 61.9 Å². The summed E-state index contributed by atoms with van der Waals surface area (Å²) < 4.78 is 0. The molecule has 0 saturated heterocycles. The molecule has 1 atom stereocenters. The molecule has 1 aliphatic rings. The summed E-state index contributed by atoms with van der Waals surface area (Å²) in [6.07, 6.45) is 8.90. The van der Waals surface area contributed by atoms with E-state index in [1.54, 1.807) is 0 Å². The lowest BCUT2D eigenvalue weighted by Gasteiger charge is -2.31. The first-order chi connectivity index (χ1) is 8.72. The number of aromatic nitrogens is 1. The third-order valence-corrected chi connectivity index (χ3v) is 4.10. The fourth-order valence-electron chi connectivity index (χ4n) is 3.23. The van der Waals surface area contributed by atoms with Crippen LogP contribution in [0.25, 0.3) is 0 Å². The van der Waals surface area contributed by atoms with Crippen molar-refractivity contribution in [2.75, 3.05) is 6.54 Å². The summed E-state index contributed by atoms with van der Waals surface area (Å²) in [7, 11) is 0. The van der Waals surface area contributed by atoms with Crippen molar-refractivity contribution >= 4 is 0 Å². The highest BCUT2D eigenvalue weighted by Gasteiger charge is 2.26. The van der Waals surface area contributed by atoms with E-state index in [1.807, 2.05) is 6.20 Å². The van der Waals surface area contributed by atoms with Crippen LogP contribution in [0.4, 0.5) is 0 Å². The Morgan fingerprint density at radius 2 is 2.00 bits per heavy atom. The molecule has 1 aromatic heterocycles. The Morgan fingerprint density at radius 1 is 1.28 bits per heavy atom. The molecule has 1 aromatic rings. The fraction of sp³-hybridized carbons (Fsp3) is 0.688. The second-order valence-electron chi connectivity index (χ2n) is 5.65. The van der Waals surface area contributed by atoms with Crippen molar-refractivity contribution in [2.45, 2.75) is 58.9 Å². The van der Waals surface area contributed by atoms with E-state index >= 15 is 0 Å². The average molecular weight is 246 g/mol. The number of rotatable bonds is 4. The Morgan fingerprint density at radius 3 is 2.61 bits per heavy atom. The first kappa shape index (κ1) is 13.5. The quantitative estimate of drug-likeness (QED) is 0.870. The van der Waals surface area contributed by atoms with Gasteiger partial charge in [-0.15, -0.1) is 0 Å². The van der Waals surface area contributed by atoms with Gasteiger partial charge >= 0.3 is 0 Å². The van der Waals surface area contributed by atoms with Crippen molar-refractivity contribution in [1.82, 2.24) is 10.3 Å². The van der Waals surface area contributed by atoms with Crippen LogP contribution in [0.5, 0.6) is 0 Å². The van der Waals surface area contributed by atoms with Crippen LogP contribution in [0.15, 0.2) is 12.3 Å². The molecule has 1 unspecified atom stereocenters. The average Bonchev–Trinajstić information content (AvgIpc) is 2.38. The Labute approximate surface area is 111 Å². The molecule has 1 fully saturated rings. The lowest BCUT2D eigenvalue weighted by molar-refractivity contribution is 0.270. The number of nitrogens with one attached hydrogen (secondary N) is 1. The van der Waals surface area contributed by atoms with Crippen LogP contribution in [0, 0.1) is 19.8 Å². The van der Waals surface area contributed by atoms with Crippen LogP contribution < -0.4 is 5.32 Å². The smallest absolute Gasteiger partial charge is 0.0605 e. The lowest BCUT2D eigenvalue weighted by Crippen LogP contribution is -2.31. The van der Waals surface area contributed by atoms with E-state index < -0.39 is 0 Å². The van der Waals surface area contributed by atoms with E-state index in [0.717, 1.165) is 12.5 Å². The first-order valence-corrected chi connectivity index (χ1v) is 7.39. The summed E-state index contributed by atoms with van der Waals surface area (Å²) in [6.45, 7) is 7.53. The summed E-state index contributed by atoms with van der Waals surface area (Å²) in [5.74, 6) is 0.771. The molecule has 0 aliphatic heterocycles. The van der Waals surface area contributed by atoms with Gasteiger partial charge in [0, 0.05) is 6.20 Å². The maximum atomic E-state index is 4.71. The van der Waals surface area contributed by atoms with E-state index in [0.29, 0.717) is 6.04 Å². The molecule has 2 heteroatoms. The first-order valence-electron chi connectivity index (χ1n) is 7.39. The number of hydrogen-bond donors (Lipinski definition) is 1. The van der Waals surface area contributed by atoms with Crippen LogP contribution in [0.3, 0.4) is 0 Å². The lowest BCUT2D eigenvalue weighted by atomic mass is 9.81. The SMILES string of the molecule is CCNC(c1ncc(C)cc1C)C1CCCCC1. The van der Waals surface area contributed by atoms with Crippen molar-refractivity contribution in [3.8, 4) is 0 Å². The highest BCUT2D eigenvalue weighted by molar-refractivity contribution is 5.26. The molecule has 100 valence electrons. The largest absolute Gasteiger partial charge is 0.309 e. The molecule has 0 bridgehead atoms. The maximum Gasteiger partial charge on any atom is 0.0605 e. The van der Waals surface area contributed by atoms with Gasteiger partial charge in [0.25, 0.3) is 0 Å². The van der Waals surface area contributed by atoms with Gasteiger partial charge in [-0.1, -0.05) is 32.3 Å². The molecule has 0 spiro atoms. The summed E-state index contributed by atoms with van der Waals surface area (Å²) in [5, 5.41) is 3.67. The molecule has 0 radical (unpaired) electrons. The number of nitrogens with zero attached hydrogens (tertiary/aromatic N) is 1. The van der Waals surface area contributed by atoms with Crippen molar-refractivity contribution in [1.29, 1.82) is 0 Å². The number of aryl methyl sites for hydroxylation is 2. The molecule has 1 aliphatic carbocycles. The minimum Gasteiger partial charge on any atom is -0.309 e. The van der Waals surface area contributed by atoms with Crippen LogP contribution in [-0.2, 0) is 0 Å². The molecule has 1 N–H and O–H groups in total. The highest BCUT2D eigenvalue weighted by atomic mass is 14.9. The van der Waals surface area contributed by atoms with Gasteiger partial charge in [-0.05, 0) is 50.3 Å². The third kappa shape index (κ3) is 3.11. The molecular weight excluding hydrogens is 220 g/mol. The monoisotopic (exact) mass is 246 g/mol. The van der Waals surface area contributed by atoms with E-state index in [9.17, 15) is 0 Å². The standard InChI is InChI=1S/C16H26N2/c1-4-17-16(14-8-6-5-7-9-14)15-13(3)10-12(2)11-18-15/h10-11,14,16-17H,4-9H2,1-3H3. The summed E-state index contributed by atoms with van der Waals surface area (Å²) in [5.41, 5.74) is 3.87. The summed E-state index contributed by atoms with van der Waals surface area (Å²) >= 11 is 0. The predicted molar refractivity (Wildman–Crippen MR) is 76.7 cm³/mol.